The Balaban J connectivity index is 2.16. The largest absolute Gasteiger partial charge is 0.357 e. The van der Waals surface area contributed by atoms with E-state index in [2.05, 4.69) is 20.2 Å². The summed E-state index contributed by atoms with van der Waals surface area (Å²) in [6, 6.07) is 5.64. The van der Waals surface area contributed by atoms with Gasteiger partial charge >= 0.3 is 0 Å². The van der Waals surface area contributed by atoms with Crippen LogP contribution >= 0.6 is 0 Å². The molecule has 1 aliphatic rings. The molecule has 2 aromatic rings. The maximum atomic E-state index is 6.01. The number of pyridine rings is 1. The summed E-state index contributed by atoms with van der Waals surface area (Å²) in [5.41, 5.74) is 1.45. The second-order valence-electron chi connectivity index (χ2n) is 5.67. The lowest BCUT2D eigenvalue weighted by Crippen LogP contribution is -2.23. The lowest BCUT2D eigenvalue weighted by atomic mass is 10.0. The first kappa shape index (κ1) is 12.2. The van der Waals surface area contributed by atoms with Gasteiger partial charge in [-0.3, -0.25) is 4.98 Å². The minimum atomic E-state index is -0.460. The zero-order chi connectivity index (χ0) is 13.7. The number of hydrogen-bond donors (Lipinski definition) is 0. The third kappa shape index (κ3) is 1.90. The van der Waals surface area contributed by atoms with E-state index >= 15 is 0 Å². The molecule has 5 nitrogen and oxygen atoms in total. The summed E-state index contributed by atoms with van der Waals surface area (Å²) in [5.74, 6) is 0.536. The van der Waals surface area contributed by atoms with Gasteiger partial charge in [0.1, 0.15) is 28.3 Å². The predicted molar refractivity (Wildman–Crippen MR) is 70.2 cm³/mol. The van der Waals surface area contributed by atoms with Gasteiger partial charge in [-0.15, -0.1) is 10.2 Å². The highest BCUT2D eigenvalue weighted by Crippen LogP contribution is 2.44. The van der Waals surface area contributed by atoms with Gasteiger partial charge < -0.3 is 4.74 Å². The van der Waals surface area contributed by atoms with Gasteiger partial charge in [-0.25, -0.2) is 4.98 Å². The van der Waals surface area contributed by atoms with Crippen molar-refractivity contribution in [2.24, 2.45) is 0 Å². The van der Waals surface area contributed by atoms with E-state index in [0.717, 1.165) is 17.1 Å². The maximum Gasteiger partial charge on any atom is 0.200 e. The Morgan fingerprint density at radius 2 is 1.68 bits per heavy atom. The summed E-state index contributed by atoms with van der Waals surface area (Å²) >= 11 is 0. The van der Waals surface area contributed by atoms with Crippen molar-refractivity contribution in [1.29, 1.82) is 0 Å². The fourth-order valence-electron chi connectivity index (χ4n) is 2.49. The smallest absolute Gasteiger partial charge is 0.200 e. The molecule has 0 spiro atoms. The summed E-state index contributed by atoms with van der Waals surface area (Å²) in [6.07, 6.45) is 1.72. The van der Waals surface area contributed by atoms with Crippen LogP contribution in [0.1, 0.15) is 39.1 Å². The standard InChI is InChI=1S/C14H16N4O/c1-13(2)10-11(14(3,4)19-13)17-18-12(16-10)9-7-5-6-8-15-9/h5-8H,1-4H3. The maximum absolute atomic E-state index is 6.01. The van der Waals surface area contributed by atoms with Crippen LogP contribution in [0.25, 0.3) is 11.5 Å². The van der Waals surface area contributed by atoms with Gasteiger partial charge in [0.2, 0.25) is 5.82 Å². The zero-order valence-corrected chi connectivity index (χ0v) is 11.5. The van der Waals surface area contributed by atoms with Crippen molar-refractivity contribution in [2.75, 3.05) is 0 Å². The second-order valence-corrected chi connectivity index (χ2v) is 5.67. The van der Waals surface area contributed by atoms with Crippen molar-refractivity contribution in [2.45, 2.75) is 38.9 Å². The van der Waals surface area contributed by atoms with Crippen LogP contribution in [0, 0.1) is 0 Å². The van der Waals surface area contributed by atoms with Gasteiger partial charge in [0.05, 0.1) is 0 Å². The van der Waals surface area contributed by atoms with Crippen molar-refractivity contribution in [3.8, 4) is 11.5 Å². The fraction of sp³-hybridized carbons (Fsp3) is 0.429. The second kappa shape index (κ2) is 3.81. The fourth-order valence-corrected chi connectivity index (χ4v) is 2.49. The van der Waals surface area contributed by atoms with Gasteiger partial charge in [0.25, 0.3) is 0 Å². The molecular formula is C14H16N4O. The van der Waals surface area contributed by atoms with Crippen molar-refractivity contribution in [1.82, 2.24) is 20.2 Å². The van der Waals surface area contributed by atoms with E-state index in [1.165, 1.54) is 0 Å². The Bertz CT molecular complexity index is 623. The van der Waals surface area contributed by atoms with Crippen LogP contribution in [0.15, 0.2) is 24.4 Å². The molecular weight excluding hydrogens is 240 g/mol. The molecule has 1 aliphatic heterocycles. The first-order valence-electron chi connectivity index (χ1n) is 6.27. The van der Waals surface area contributed by atoms with Crippen LogP contribution in [-0.4, -0.2) is 20.2 Å². The first-order chi connectivity index (χ1) is 8.90. The zero-order valence-electron chi connectivity index (χ0n) is 11.5. The molecule has 3 rings (SSSR count). The number of aromatic nitrogens is 4. The van der Waals surface area contributed by atoms with Crippen molar-refractivity contribution in [3.63, 3.8) is 0 Å². The van der Waals surface area contributed by atoms with Crippen LogP contribution < -0.4 is 0 Å². The lowest BCUT2D eigenvalue weighted by Gasteiger charge is -2.23. The molecule has 0 atom stereocenters. The molecule has 2 aromatic heterocycles. The third-order valence-electron chi connectivity index (χ3n) is 3.23. The van der Waals surface area contributed by atoms with Crippen LogP contribution in [0.3, 0.4) is 0 Å². The van der Waals surface area contributed by atoms with E-state index in [1.807, 2.05) is 45.9 Å². The molecule has 0 amide bonds. The van der Waals surface area contributed by atoms with Crippen LogP contribution in [0.4, 0.5) is 0 Å². The van der Waals surface area contributed by atoms with Crippen LogP contribution in [0.5, 0.6) is 0 Å². The number of nitrogens with zero attached hydrogens (tertiary/aromatic N) is 4. The summed E-state index contributed by atoms with van der Waals surface area (Å²) in [5, 5.41) is 8.48. The van der Waals surface area contributed by atoms with E-state index in [9.17, 15) is 0 Å². The minimum Gasteiger partial charge on any atom is -0.357 e. The van der Waals surface area contributed by atoms with Crippen LogP contribution in [-0.2, 0) is 15.9 Å². The van der Waals surface area contributed by atoms with E-state index in [1.54, 1.807) is 6.20 Å². The summed E-state index contributed by atoms with van der Waals surface area (Å²) < 4.78 is 6.01. The van der Waals surface area contributed by atoms with E-state index < -0.39 is 11.2 Å². The highest BCUT2D eigenvalue weighted by Gasteiger charge is 2.46. The summed E-state index contributed by atoms with van der Waals surface area (Å²) in [6.45, 7) is 7.96. The molecule has 0 N–H and O–H groups in total. The quantitative estimate of drug-likeness (QED) is 0.784. The third-order valence-corrected chi connectivity index (χ3v) is 3.23. The average molecular weight is 256 g/mol. The van der Waals surface area contributed by atoms with Gasteiger partial charge in [0, 0.05) is 6.20 Å². The molecule has 0 bridgehead atoms. The molecule has 98 valence electrons. The van der Waals surface area contributed by atoms with E-state index in [4.69, 9.17) is 4.74 Å². The molecule has 0 unspecified atom stereocenters. The Kier molecular flexibility index (Phi) is 2.44. The highest BCUT2D eigenvalue weighted by atomic mass is 16.5. The molecule has 0 fully saturated rings. The van der Waals surface area contributed by atoms with Crippen molar-refractivity contribution < 1.29 is 4.74 Å². The lowest BCUT2D eigenvalue weighted by molar-refractivity contribution is -0.107. The Morgan fingerprint density at radius 3 is 2.37 bits per heavy atom. The molecule has 5 heteroatoms. The predicted octanol–water partition coefficient (Wildman–Crippen LogP) is 2.43. The SMILES string of the molecule is CC1(C)OC(C)(C)c2nc(-c3ccccn3)nnc21. The Morgan fingerprint density at radius 1 is 0.947 bits per heavy atom. The van der Waals surface area contributed by atoms with Gasteiger partial charge in [-0.05, 0) is 39.8 Å². The Hall–Kier alpha value is -1.88. The van der Waals surface area contributed by atoms with E-state index in [0.29, 0.717) is 5.82 Å². The topological polar surface area (TPSA) is 60.8 Å². The van der Waals surface area contributed by atoms with Gasteiger partial charge in [0.15, 0.2) is 0 Å². The Labute approximate surface area is 112 Å². The summed E-state index contributed by atoms with van der Waals surface area (Å²) in [7, 11) is 0. The highest BCUT2D eigenvalue weighted by molar-refractivity contribution is 5.48. The van der Waals surface area contributed by atoms with Crippen molar-refractivity contribution >= 4 is 0 Å². The summed E-state index contributed by atoms with van der Waals surface area (Å²) in [4.78, 5) is 8.86. The normalized spacial score (nSPS) is 19.2. The van der Waals surface area contributed by atoms with Crippen LogP contribution in [0.2, 0.25) is 0 Å². The molecule has 0 saturated heterocycles. The molecule has 3 heterocycles. The number of hydrogen-bond acceptors (Lipinski definition) is 5. The molecule has 0 aromatic carbocycles. The van der Waals surface area contributed by atoms with Gasteiger partial charge in [-0.1, -0.05) is 6.07 Å². The number of rotatable bonds is 1. The van der Waals surface area contributed by atoms with Crippen molar-refractivity contribution in [3.05, 3.63) is 35.8 Å². The molecule has 0 radical (unpaired) electrons. The first-order valence-corrected chi connectivity index (χ1v) is 6.27. The van der Waals surface area contributed by atoms with E-state index in [-0.39, 0.29) is 0 Å². The number of fused-ring (bicyclic) bond motifs is 1. The van der Waals surface area contributed by atoms with Gasteiger partial charge in [-0.2, -0.15) is 0 Å². The molecule has 19 heavy (non-hydrogen) atoms. The molecule has 0 saturated carbocycles. The number of ether oxygens (including phenoxy) is 1. The minimum absolute atomic E-state index is 0.457. The monoisotopic (exact) mass is 256 g/mol. The average Bonchev–Trinajstić information content (AvgIpc) is 2.56. The molecule has 0 aliphatic carbocycles.